The highest BCUT2D eigenvalue weighted by atomic mass is 19.1. The van der Waals surface area contributed by atoms with Crippen LogP contribution in [0.15, 0.2) is 24.4 Å². The van der Waals surface area contributed by atoms with Crippen LogP contribution >= 0.6 is 0 Å². The van der Waals surface area contributed by atoms with E-state index in [9.17, 15) is 14.7 Å². The number of amides is 2. The van der Waals surface area contributed by atoms with Crippen LogP contribution in [0.5, 0.6) is 5.75 Å². The molecule has 11 heteroatoms. The van der Waals surface area contributed by atoms with Crippen LogP contribution in [0.3, 0.4) is 0 Å². The van der Waals surface area contributed by atoms with Crippen LogP contribution in [-0.4, -0.2) is 75.6 Å². The maximum atomic E-state index is 15.4. The maximum Gasteiger partial charge on any atom is 0.270 e. The van der Waals surface area contributed by atoms with Crippen molar-refractivity contribution in [1.82, 2.24) is 20.0 Å². The summed E-state index contributed by atoms with van der Waals surface area (Å²) in [4.78, 5) is 29.4. The highest BCUT2D eigenvalue weighted by Gasteiger charge is 2.49. The van der Waals surface area contributed by atoms with Crippen molar-refractivity contribution in [3.05, 3.63) is 41.5 Å². The first kappa shape index (κ1) is 26.9. The van der Waals surface area contributed by atoms with E-state index in [1.165, 1.54) is 16.8 Å². The van der Waals surface area contributed by atoms with Gasteiger partial charge in [-0.2, -0.15) is 5.10 Å². The lowest BCUT2D eigenvalue weighted by atomic mass is 9.81. The molecule has 10 nitrogen and oxygen atoms in total. The van der Waals surface area contributed by atoms with Crippen molar-refractivity contribution in [2.75, 3.05) is 31.6 Å². The summed E-state index contributed by atoms with van der Waals surface area (Å²) in [6.07, 6.45) is 6.72. The van der Waals surface area contributed by atoms with Crippen LogP contribution in [0.25, 0.3) is 0 Å². The van der Waals surface area contributed by atoms with E-state index in [0.717, 1.165) is 64.8 Å². The zero-order valence-electron chi connectivity index (χ0n) is 23.4. The number of aryl methyl sites for hydroxylation is 1. The fourth-order valence-corrected chi connectivity index (χ4v) is 7.04. The molecule has 2 saturated carbocycles. The molecule has 3 N–H and O–H groups in total. The van der Waals surface area contributed by atoms with Crippen molar-refractivity contribution < 1.29 is 28.6 Å². The first-order valence-electron chi connectivity index (χ1n) is 14.9. The average molecular weight is 568 g/mol. The van der Waals surface area contributed by atoms with Crippen molar-refractivity contribution in [3.8, 4) is 5.75 Å². The van der Waals surface area contributed by atoms with Gasteiger partial charge in [-0.15, -0.1) is 0 Å². The molecule has 1 aromatic heterocycles. The number of aliphatic hydroxyl groups excluding tert-OH is 1. The Balaban J connectivity index is 1.11. The number of fused-ring (bicyclic) bond motifs is 1. The van der Waals surface area contributed by atoms with Gasteiger partial charge in [-0.05, 0) is 68.4 Å². The monoisotopic (exact) mass is 567 g/mol. The standard InChI is InChI=1S/C30H38FN5O5/c1-35-23(6-9-32-35)28(38)34-27(26(17-2-3-17)18-4-5-18)29(39)33-22-13-25-20(12-21(22)31)24(37)14-30(41-25)7-10-36(11-8-30)19-15-40-16-19/h6,9,12-13,17-19,24,26-27,37H,2-5,7-8,10-11,14-16H2,1H3,(H,33,39)(H,34,38)/t24?,27-/m0/s1. The SMILES string of the molecule is Cn1nccc1C(=O)N[C@H](C(=O)Nc1cc2c(cc1F)C(O)CC1(CCN(C3COC3)CC1)O2)C(C1CC1)C1CC1. The molecule has 5 aliphatic rings. The molecule has 220 valence electrons. The molecule has 2 atom stereocenters. The number of aliphatic hydroxyl groups is 1. The Bertz CT molecular complexity index is 1320. The Labute approximate surface area is 238 Å². The van der Waals surface area contributed by atoms with E-state index >= 15 is 4.39 Å². The van der Waals surface area contributed by atoms with Crippen molar-refractivity contribution >= 4 is 17.5 Å². The zero-order chi connectivity index (χ0) is 28.3. The number of likely N-dealkylation sites (tertiary alicyclic amines) is 1. The number of benzene rings is 1. The van der Waals surface area contributed by atoms with E-state index in [2.05, 4.69) is 20.6 Å². The number of halogens is 1. The summed E-state index contributed by atoms with van der Waals surface area (Å²) in [6.45, 7) is 3.21. The number of piperidine rings is 1. The predicted octanol–water partition coefficient (Wildman–Crippen LogP) is 2.78. The average Bonchev–Trinajstić information content (AvgIpc) is 3.85. The fourth-order valence-electron chi connectivity index (χ4n) is 7.04. The first-order chi connectivity index (χ1) is 19.8. The number of rotatable bonds is 8. The van der Waals surface area contributed by atoms with E-state index in [-0.39, 0.29) is 17.5 Å². The van der Waals surface area contributed by atoms with Crippen molar-refractivity contribution in [2.24, 2.45) is 24.8 Å². The number of carbonyl (C=O) groups is 2. The molecule has 2 amide bonds. The third-order valence-electron chi connectivity index (χ3n) is 9.79. The van der Waals surface area contributed by atoms with Gasteiger partial charge < -0.3 is 25.2 Å². The lowest BCUT2D eigenvalue weighted by Crippen LogP contribution is -2.57. The maximum absolute atomic E-state index is 15.4. The molecular weight excluding hydrogens is 529 g/mol. The molecule has 0 radical (unpaired) electrons. The normalized spacial score (nSPS) is 24.8. The smallest absolute Gasteiger partial charge is 0.270 e. The number of nitrogens with one attached hydrogen (secondary N) is 2. The zero-order valence-corrected chi connectivity index (χ0v) is 23.4. The topological polar surface area (TPSA) is 118 Å². The minimum Gasteiger partial charge on any atom is -0.487 e. The van der Waals surface area contributed by atoms with E-state index in [0.29, 0.717) is 41.3 Å². The van der Waals surface area contributed by atoms with Crippen LogP contribution < -0.4 is 15.4 Å². The molecule has 0 bridgehead atoms. The number of ether oxygens (including phenoxy) is 2. The third-order valence-corrected chi connectivity index (χ3v) is 9.79. The molecular formula is C30H38FN5O5. The van der Waals surface area contributed by atoms with Crippen LogP contribution in [-0.2, 0) is 16.6 Å². The second kappa shape index (κ2) is 10.4. The Hall–Kier alpha value is -3.02. The second-order valence-electron chi connectivity index (χ2n) is 12.6. The number of hydrogen-bond donors (Lipinski definition) is 3. The fraction of sp³-hybridized carbons (Fsp3) is 0.633. The summed E-state index contributed by atoms with van der Waals surface area (Å²) in [5.41, 5.74) is 0.217. The second-order valence-corrected chi connectivity index (χ2v) is 12.6. The van der Waals surface area contributed by atoms with Crippen molar-refractivity contribution in [2.45, 2.75) is 68.7 Å². The Morgan fingerprint density at radius 2 is 1.85 bits per heavy atom. The number of hydrogen-bond acceptors (Lipinski definition) is 7. The van der Waals surface area contributed by atoms with Gasteiger partial charge in [-0.3, -0.25) is 19.2 Å². The van der Waals surface area contributed by atoms with Gasteiger partial charge in [-0.1, -0.05) is 0 Å². The van der Waals surface area contributed by atoms with Crippen LogP contribution in [0, 0.1) is 23.6 Å². The number of carbonyl (C=O) groups excluding carboxylic acids is 2. The minimum atomic E-state index is -0.850. The van der Waals surface area contributed by atoms with Crippen molar-refractivity contribution in [3.63, 3.8) is 0 Å². The number of anilines is 1. The van der Waals surface area contributed by atoms with Gasteiger partial charge in [0.25, 0.3) is 5.91 Å². The van der Waals surface area contributed by atoms with E-state index in [1.807, 2.05) is 0 Å². The third kappa shape index (κ3) is 5.23. The van der Waals surface area contributed by atoms with Crippen LogP contribution in [0.4, 0.5) is 10.1 Å². The Kier molecular flexibility index (Phi) is 6.78. The van der Waals surface area contributed by atoms with Gasteiger partial charge in [-0.25, -0.2) is 4.39 Å². The molecule has 1 spiro atoms. The van der Waals surface area contributed by atoms with E-state index < -0.39 is 29.5 Å². The lowest BCUT2D eigenvalue weighted by molar-refractivity contribution is -0.119. The molecule has 2 saturated heterocycles. The molecule has 1 aromatic carbocycles. The minimum absolute atomic E-state index is 0.000426. The summed E-state index contributed by atoms with van der Waals surface area (Å²) < 4.78 is 28.7. The number of aromatic nitrogens is 2. The summed E-state index contributed by atoms with van der Waals surface area (Å²) >= 11 is 0. The quantitative estimate of drug-likeness (QED) is 0.449. The van der Waals surface area contributed by atoms with Gasteiger partial charge in [0.05, 0.1) is 31.0 Å². The molecule has 4 fully saturated rings. The van der Waals surface area contributed by atoms with Gasteiger partial charge in [0.15, 0.2) is 0 Å². The molecule has 7 rings (SSSR count). The summed E-state index contributed by atoms with van der Waals surface area (Å²) in [6, 6.07) is 4.03. The highest BCUT2D eigenvalue weighted by Crippen LogP contribution is 2.51. The molecule has 4 heterocycles. The van der Waals surface area contributed by atoms with Crippen LogP contribution in [0.2, 0.25) is 0 Å². The molecule has 41 heavy (non-hydrogen) atoms. The Morgan fingerprint density at radius 1 is 1.15 bits per heavy atom. The molecule has 2 aliphatic carbocycles. The van der Waals surface area contributed by atoms with Gasteiger partial charge in [0.2, 0.25) is 5.91 Å². The Morgan fingerprint density at radius 3 is 2.44 bits per heavy atom. The summed E-state index contributed by atoms with van der Waals surface area (Å²) in [5, 5.41) is 20.8. The van der Waals surface area contributed by atoms with Gasteiger partial charge in [0, 0.05) is 44.4 Å². The van der Waals surface area contributed by atoms with Crippen LogP contribution in [0.1, 0.15) is 67.1 Å². The van der Waals surface area contributed by atoms with E-state index in [1.54, 1.807) is 19.3 Å². The van der Waals surface area contributed by atoms with E-state index in [4.69, 9.17) is 9.47 Å². The first-order valence-corrected chi connectivity index (χ1v) is 14.9. The lowest BCUT2D eigenvalue weighted by Gasteiger charge is -2.48. The largest absolute Gasteiger partial charge is 0.487 e. The summed E-state index contributed by atoms with van der Waals surface area (Å²) in [7, 11) is 1.68. The number of nitrogens with zero attached hydrogens (tertiary/aromatic N) is 3. The van der Waals surface area contributed by atoms with Gasteiger partial charge >= 0.3 is 0 Å². The van der Waals surface area contributed by atoms with Gasteiger partial charge in [0.1, 0.15) is 28.9 Å². The molecule has 2 aromatic rings. The van der Waals surface area contributed by atoms with Crippen molar-refractivity contribution in [1.29, 1.82) is 0 Å². The summed E-state index contributed by atoms with van der Waals surface area (Å²) in [5.74, 6) is -0.316. The molecule has 3 aliphatic heterocycles. The molecule has 1 unspecified atom stereocenters. The predicted molar refractivity (Wildman–Crippen MR) is 147 cm³/mol. The highest BCUT2D eigenvalue weighted by molar-refractivity contribution is 6.01.